The highest BCUT2D eigenvalue weighted by molar-refractivity contribution is 9.10. The van der Waals surface area contributed by atoms with Crippen molar-refractivity contribution in [3.8, 4) is 11.1 Å². The third-order valence-electron chi connectivity index (χ3n) is 4.00. The molecule has 0 atom stereocenters. The van der Waals surface area contributed by atoms with E-state index in [4.69, 9.17) is 5.11 Å². The lowest BCUT2D eigenvalue weighted by Gasteiger charge is -2.08. The predicted molar refractivity (Wildman–Crippen MR) is 90.1 cm³/mol. The van der Waals surface area contributed by atoms with Crippen LogP contribution in [-0.2, 0) is 9.84 Å². The molecule has 3 aromatic rings. The van der Waals surface area contributed by atoms with E-state index in [1.807, 2.05) is 0 Å². The fourth-order valence-corrected chi connectivity index (χ4v) is 5.51. The first kappa shape index (κ1) is 15.1. The summed E-state index contributed by atoms with van der Waals surface area (Å²) in [5, 5.41) is 9.23. The molecule has 1 aliphatic heterocycles. The molecule has 0 radical (unpaired) electrons. The number of hydrogen-bond donors (Lipinski definition) is 2. The number of pyridine rings is 1. The van der Waals surface area contributed by atoms with E-state index in [1.165, 1.54) is 12.1 Å². The van der Waals surface area contributed by atoms with E-state index in [2.05, 4.69) is 20.9 Å². The van der Waals surface area contributed by atoms with E-state index < -0.39 is 21.2 Å². The summed E-state index contributed by atoms with van der Waals surface area (Å²) in [7, 11) is -3.72. The lowest BCUT2D eigenvalue weighted by atomic mass is 10.0. The number of carboxylic acids is 1. The number of fused-ring (bicyclic) bond motifs is 4. The van der Waals surface area contributed by atoms with Crippen molar-refractivity contribution in [3.63, 3.8) is 0 Å². The normalized spacial score (nSPS) is 14.4. The molecule has 2 N–H and O–H groups in total. The first-order valence-electron chi connectivity index (χ1n) is 6.79. The third kappa shape index (κ3) is 1.83. The lowest BCUT2D eigenvalue weighted by molar-refractivity contribution is 0.0691. The van der Waals surface area contributed by atoms with Gasteiger partial charge in [-0.15, -0.1) is 0 Å². The number of H-pyrrole nitrogens is 1. The maximum Gasteiger partial charge on any atom is 0.352 e. The average molecular weight is 406 g/mol. The zero-order chi connectivity index (χ0) is 17.2. The third-order valence-corrected chi connectivity index (χ3v) is 6.63. The Morgan fingerprint density at radius 1 is 1.12 bits per heavy atom. The van der Waals surface area contributed by atoms with Crippen LogP contribution in [0.5, 0.6) is 0 Å². The van der Waals surface area contributed by atoms with Crippen LogP contribution in [0.2, 0.25) is 0 Å². The standard InChI is InChI=1S/C16H8BrNO5S/c17-14-13-7-3-1-2-4-11(7)24(22,23)12(13)5-8-10(19)6-9(16(20)21)18-15(8)14/h1-6H,(H,18,19)(H,20,21). The molecule has 0 saturated carbocycles. The van der Waals surface area contributed by atoms with Crippen LogP contribution < -0.4 is 5.43 Å². The number of nitrogens with one attached hydrogen (secondary N) is 1. The second-order valence-electron chi connectivity index (χ2n) is 5.34. The highest BCUT2D eigenvalue weighted by Gasteiger charge is 2.35. The summed E-state index contributed by atoms with van der Waals surface area (Å²) in [6, 6.07) is 8.77. The molecule has 24 heavy (non-hydrogen) atoms. The first-order valence-corrected chi connectivity index (χ1v) is 9.07. The SMILES string of the molecule is O=C(O)c1cc(=O)c2cc3c(c(Br)c2[nH]1)-c1ccccc1S3(=O)=O. The first-order chi connectivity index (χ1) is 11.3. The van der Waals surface area contributed by atoms with Crippen LogP contribution in [-0.4, -0.2) is 24.5 Å². The second kappa shape index (κ2) is 4.78. The molecular weight excluding hydrogens is 398 g/mol. The summed E-state index contributed by atoms with van der Waals surface area (Å²) >= 11 is 3.34. The Morgan fingerprint density at radius 2 is 1.83 bits per heavy atom. The molecular formula is C16H8BrNO5S. The number of carbonyl (C=O) groups is 1. The monoisotopic (exact) mass is 405 g/mol. The molecule has 0 spiro atoms. The van der Waals surface area contributed by atoms with Gasteiger partial charge in [-0.1, -0.05) is 18.2 Å². The van der Waals surface area contributed by atoms with Gasteiger partial charge in [-0.2, -0.15) is 0 Å². The number of aromatic amines is 1. The van der Waals surface area contributed by atoms with E-state index in [1.54, 1.807) is 18.2 Å². The van der Waals surface area contributed by atoms with Gasteiger partial charge in [-0.3, -0.25) is 4.79 Å². The largest absolute Gasteiger partial charge is 0.477 e. The molecule has 0 aliphatic carbocycles. The summed E-state index contributed by atoms with van der Waals surface area (Å²) in [6.07, 6.45) is 0. The smallest absolute Gasteiger partial charge is 0.352 e. The van der Waals surface area contributed by atoms with Gasteiger partial charge in [0.2, 0.25) is 9.84 Å². The van der Waals surface area contributed by atoms with Gasteiger partial charge < -0.3 is 10.1 Å². The van der Waals surface area contributed by atoms with E-state index in [-0.39, 0.29) is 26.4 Å². The minimum Gasteiger partial charge on any atom is -0.477 e. The predicted octanol–water partition coefficient (Wildman–Crippen LogP) is 2.80. The molecule has 0 amide bonds. The number of benzene rings is 2. The topological polar surface area (TPSA) is 104 Å². The van der Waals surface area contributed by atoms with Gasteiger partial charge in [0.05, 0.1) is 19.8 Å². The molecule has 0 bridgehead atoms. The summed E-state index contributed by atoms with van der Waals surface area (Å²) in [5.74, 6) is -1.27. The molecule has 6 nitrogen and oxygen atoms in total. The minimum atomic E-state index is -3.72. The van der Waals surface area contributed by atoms with Gasteiger partial charge in [-0.05, 0) is 28.1 Å². The van der Waals surface area contributed by atoms with Crippen molar-refractivity contribution in [1.29, 1.82) is 0 Å². The maximum absolute atomic E-state index is 12.7. The van der Waals surface area contributed by atoms with E-state index >= 15 is 0 Å². The Kier molecular flexibility index (Phi) is 3.01. The van der Waals surface area contributed by atoms with E-state index in [9.17, 15) is 18.0 Å². The zero-order valence-corrected chi connectivity index (χ0v) is 14.2. The highest BCUT2D eigenvalue weighted by atomic mass is 79.9. The van der Waals surface area contributed by atoms with Crippen LogP contribution in [0.3, 0.4) is 0 Å². The van der Waals surface area contributed by atoms with Crippen molar-refractivity contribution in [1.82, 2.24) is 4.98 Å². The highest BCUT2D eigenvalue weighted by Crippen LogP contribution is 2.48. The Hall–Kier alpha value is -2.45. The van der Waals surface area contributed by atoms with Crippen LogP contribution in [0.15, 0.2) is 55.5 Å². The molecule has 8 heteroatoms. The van der Waals surface area contributed by atoms with Crippen LogP contribution in [0, 0.1) is 0 Å². The van der Waals surface area contributed by atoms with Crippen molar-refractivity contribution in [2.24, 2.45) is 0 Å². The molecule has 1 aliphatic rings. The summed E-state index contributed by atoms with van der Waals surface area (Å²) in [5.41, 5.74) is 0.378. The van der Waals surface area contributed by atoms with Crippen LogP contribution in [0.4, 0.5) is 0 Å². The summed E-state index contributed by atoms with van der Waals surface area (Å²) in [4.78, 5) is 26.3. The Bertz CT molecular complexity index is 1230. The van der Waals surface area contributed by atoms with Crippen molar-refractivity contribution in [2.45, 2.75) is 9.79 Å². The number of halogens is 1. The van der Waals surface area contributed by atoms with Crippen molar-refractivity contribution >= 4 is 42.6 Å². The summed E-state index contributed by atoms with van der Waals surface area (Å²) < 4.78 is 25.8. The Morgan fingerprint density at radius 3 is 2.54 bits per heavy atom. The van der Waals surface area contributed by atoms with Crippen LogP contribution in [0.1, 0.15) is 10.5 Å². The Balaban J connectivity index is 2.24. The van der Waals surface area contributed by atoms with Crippen molar-refractivity contribution < 1.29 is 18.3 Å². The maximum atomic E-state index is 12.7. The fourth-order valence-electron chi connectivity index (χ4n) is 2.93. The number of hydrogen-bond acceptors (Lipinski definition) is 4. The minimum absolute atomic E-state index is 0.0386. The number of rotatable bonds is 1. The molecule has 4 rings (SSSR count). The van der Waals surface area contributed by atoms with E-state index in [0.717, 1.165) is 6.07 Å². The molecule has 2 heterocycles. The van der Waals surface area contributed by atoms with Crippen molar-refractivity contribution in [3.05, 3.63) is 56.8 Å². The van der Waals surface area contributed by atoms with Gasteiger partial charge in [0.25, 0.3) is 0 Å². The molecule has 2 aromatic carbocycles. The molecule has 0 saturated heterocycles. The van der Waals surface area contributed by atoms with Gasteiger partial charge >= 0.3 is 5.97 Å². The van der Waals surface area contributed by atoms with Crippen LogP contribution >= 0.6 is 15.9 Å². The van der Waals surface area contributed by atoms with Gasteiger partial charge in [0.15, 0.2) is 5.43 Å². The quantitative estimate of drug-likeness (QED) is 0.506. The van der Waals surface area contributed by atoms with Gasteiger partial charge in [0.1, 0.15) is 5.69 Å². The Labute approximate surface area is 143 Å². The fraction of sp³-hybridized carbons (Fsp3) is 0. The molecule has 0 unspecified atom stereocenters. The molecule has 1 aromatic heterocycles. The molecule has 0 fully saturated rings. The molecule has 120 valence electrons. The van der Waals surface area contributed by atoms with Gasteiger partial charge in [-0.25, -0.2) is 13.2 Å². The summed E-state index contributed by atoms with van der Waals surface area (Å²) in [6.45, 7) is 0. The average Bonchev–Trinajstić information content (AvgIpc) is 2.77. The van der Waals surface area contributed by atoms with Crippen molar-refractivity contribution in [2.75, 3.05) is 0 Å². The van der Waals surface area contributed by atoms with Crippen LogP contribution in [0.25, 0.3) is 22.0 Å². The number of aromatic nitrogens is 1. The number of aromatic carboxylic acids is 1. The van der Waals surface area contributed by atoms with E-state index in [0.29, 0.717) is 15.6 Å². The van der Waals surface area contributed by atoms with Gasteiger partial charge in [0, 0.05) is 22.6 Å². The zero-order valence-electron chi connectivity index (χ0n) is 11.8. The second-order valence-corrected chi connectivity index (χ2v) is 8.02. The number of carboxylic acid groups (broad SMARTS) is 1. The lowest BCUT2D eigenvalue weighted by Crippen LogP contribution is -2.10. The number of sulfone groups is 1.